The van der Waals surface area contributed by atoms with Crippen molar-refractivity contribution in [3.05, 3.63) is 29.8 Å². The molecule has 0 aliphatic rings. The van der Waals surface area contributed by atoms with E-state index < -0.39 is 11.5 Å². The Hall–Kier alpha value is -1.55. The molecule has 0 saturated carbocycles. The molecule has 0 spiro atoms. The van der Waals surface area contributed by atoms with Gasteiger partial charge in [-0.15, -0.1) is 0 Å². The van der Waals surface area contributed by atoms with Crippen LogP contribution in [0.4, 0.5) is 0 Å². The van der Waals surface area contributed by atoms with Gasteiger partial charge in [0, 0.05) is 6.42 Å². The number of carbonyl (C=O) groups excluding carboxylic acids is 1. The predicted molar refractivity (Wildman–Crippen MR) is 87.0 cm³/mol. The number of esters is 1. The lowest BCUT2D eigenvalue weighted by atomic mass is 9.97. The van der Waals surface area contributed by atoms with E-state index in [4.69, 9.17) is 9.47 Å². The largest absolute Gasteiger partial charge is 0.493 e. The summed E-state index contributed by atoms with van der Waals surface area (Å²) in [7, 11) is 0. The van der Waals surface area contributed by atoms with E-state index in [-0.39, 0.29) is 12.6 Å². The van der Waals surface area contributed by atoms with E-state index >= 15 is 0 Å². The second kappa shape index (κ2) is 8.79. The molecule has 124 valence electrons. The zero-order valence-electron chi connectivity index (χ0n) is 14.1. The molecule has 0 aliphatic heterocycles. The predicted octanol–water partition coefficient (Wildman–Crippen LogP) is 3.36. The highest BCUT2D eigenvalue weighted by Crippen LogP contribution is 2.21. The maximum Gasteiger partial charge on any atom is 0.311 e. The Labute approximate surface area is 133 Å². The van der Waals surface area contributed by atoms with Gasteiger partial charge in [-0.25, -0.2) is 0 Å². The number of hydrogen-bond donors (Lipinski definition) is 1. The summed E-state index contributed by atoms with van der Waals surface area (Å²) < 4.78 is 10.9. The van der Waals surface area contributed by atoms with Gasteiger partial charge in [-0.3, -0.25) is 4.79 Å². The van der Waals surface area contributed by atoms with Gasteiger partial charge in [0.2, 0.25) is 0 Å². The van der Waals surface area contributed by atoms with Gasteiger partial charge in [-0.05, 0) is 38.8 Å². The second-order valence-corrected chi connectivity index (χ2v) is 6.52. The Morgan fingerprint density at radius 1 is 1.27 bits per heavy atom. The van der Waals surface area contributed by atoms with Crippen LogP contribution < -0.4 is 4.74 Å². The number of carbonyl (C=O) groups is 1. The Bertz CT molecular complexity index is 462. The number of unbranched alkanes of at least 4 members (excludes halogenated alkanes) is 1. The van der Waals surface area contributed by atoms with Crippen LogP contribution >= 0.6 is 0 Å². The van der Waals surface area contributed by atoms with Crippen molar-refractivity contribution in [3.63, 3.8) is 0 Å². The molecule has 1 unspecified atom stereocenters. The van der Waals surface area contributed by atoms with Crippen molar-refractivity contribution >= 4 is 5.97 Å². The van der Waals surface area contributed by atoms with Gasteiger partial charge in [-0.2, -0.15) is 0 Å². The number of benzene rings is 1. The van der Waals surface area contributed by atoms with E-state index in [9.17, 15) is 9.90 Å². The molecule has 1 N–H and O–H groups in total. The Morgan fingerprint density at radius 2 is 1.95 bits per heavy atom. The van der Waals surface area contributed by atoms with E-state index in [1.165, 1.54) is 0 Å². The Balaban J connectivity index is 2.53. The average molecular weight is 308 g/mol. The van der Waals surface area contributed by atoms with Crippen LogP contribution in [-0.2, 0) is 16.0 Å². The van der Waals surface area contributed by atoms with E-state index in [0.29, 0.717) is 13.0 Å². The normalized spacial score (nSPS) is 12.8. The lowest BCUT2D eigenvalue weighted by Crippen LogP contribution is -2.28. The quantitative estimate of drug-likeness (QED) is 0.591. The number of rotatable bonds is 8. The molecule has 0 aromatic heterocycles. The number of para-hydroxylation sites is 1. The standard InChI is InChI=1S/C18H28O4/c1-5-6-11-21-16-10-8-7-9-14(16)12-15(19)13-22-17(20)18(2,3)4/h7-10,15,19H,5-6,11-13H2,1-4H3. The minimum Gasteiger partial charge on any atom is -0.493 e. The fourth-order valence-electron chi connectivity index (χ4n) is 1.84. The molecule has 0 amide bonds. The smallest absolute Gasteiger partial charge is 0.311 e. The Kier molecular flexibility index (Phi) is 7.39. The zero-order valence-corrected chi connectivity index (χ0v) is 14.1. The van der Waals surface area contributed by atoms with Gasteiger partial charge < -0.3 is 14.6 Å². The van der Waals surface area contributed by atoms with Gasteiger partial charge in [0.05, 0.1) is 18.1 Å². The molecular formula is C18H28O4. The van der Waals surface area contributed by atoms with Crippen LogP contribution in [0.5, 0.6) is 5.75 Å². The van der Waals surface area contributed by atoms with Gasteiger partial charge >= 0.3 is 5.97 Å². The van der Waals surface area contributed by atoms with Crippen LogP contribution in [0, 0.1) is 5.41 Å². The molecule has 0 heterocycles. The van der Waals surface area contributed by atoms with Crippen LogP contribution in [-0.4, -0.2) is 30.4 Å². The minimum absolute atomic E-state index is 0.000598. The molecule has 0 bridgehead atoms. The highest BCUT2D eigenvalue weighted by molar-refractivity contribution is 5.75. The van der Waals surface area contributed by atoms with Gasteiger partial charge in [0.15, 0.2) is 0 Å². The van der Waals surface area contributed by atoms with Crippen LogP contribution in [0.1, 0.15) is 46.1 Å². The molecule has 0 fully saturated rings. The molecule has 22 heavy (non-hydrogen) atoms. The average Bonchev–Trinajstić information content (AvgIpc) is 2.45. The van der Waals surface area contributed by atoms with E-state index in [1.807, 2.05) is 24.3 Å². The van der Waals surface area contributed by atoms with Crippen molar-refractivity contribution in [3.8, 4) is 5.75 Å². The summed E-state index contributed by atoms with van der Waals surface area (Å²) in [6.07, 6.45) is 1.75. The van der Waals surface area contributed by atoms with Crippen molar-refractivity contribution in [1.82, 2.24) is 0 Å². The molecule has 1 atom stereocenters. The summed E-state index contributed by atoms with van der Waals surface area (Å²) in [5.74, 6) is 0.483. The fraction of sp³-hybridized carbons (Fsp3) is 0.611. The summed E-state index contributed by atoms with van der Waals surface area (Å²) >= 11 is 0. The topological polar surface area (TPSA) is 55.8 Å². The van der Waals surface area contributed by atoms with Gasteiger partial charge in [0.25, 0.3) is 0 Å². The monoisotopic (exact) mass is 308 g/mol. The van der Waals surface area contributed by atoms with Crippen molar-refractivity contribution in [2.24, 2.45) is 5.41 Å². The van der Waals surface area contributed by atoms with Crippen molar-refractivity contribution in [2.75, 3.05) is 13.2 Å². The highest BCUT2D eigenvalue weighted by atomic mass is 16.5. The van der Waals surface area contributed by atoms with Crippen LogP contribution in [0.15, 0.2) is 24.3 Å². The number of ether oxygens (including phenoxy) is 2. The van der Waals surface area contributed by atoms with Crippen LogP contribution in [0.25, 0.3) is 0 Å². The fourth-order valence-corrected chi connectivity index (χ4v) is 1.84. The third kappa shape index (κ3) is 6.48. The number of hydrogen-bond acceptors (Lipinski definition) is 4. The maximum atomic E-state index is 11.7. The van der Waals surface area contributed by atoms with Crippen LogP contribution in [0.2, 0.25) is 0 Å². The molecule has 4 nitrogen and oxygen atoms in total. The SMILES string of the molecule is CCCCOc1ccccc1CC(O)COC(=O)C(C)(C)C. The summed E-state index contributed by atoms with van der Waals surface area (Å²) in [6.45, 7) is 8.15. The first kappa shape index (κ1) is 18.5. The second-order valence-electron chi connectivity index (χ2n) is 6.52. The lowest BCUT2D eigenvalue weighted by Gasteiger charge is -2.19. The summed E-state index contributed by atoms with van der Waals surface area (Å²) in [5, 5.41) is 10.1. The summed E-state index contributed by atoms with van der Waals surface area (Å²) in [5.41, 5.74) is 0.374. The van der Waals surface area contributed by atoms with Crippen molar-refractivity contribution in [1.29, 1.82) is 0 Å². The molecule has 1 aromatic rings. The summed E-state index contributed by atoms with van der Waals surface area (Å²) in [6, 6.07) is 7.65. The number of aliphatic hydroxyl groups is 1. The van der Waals surface area contributed by atoms with Gasteiger partial charge in [0.1, 0.15) is 12.4 Å². The minimum atomic E-state index is -0.734. The molecule has 0 aliphatic carbocycles. The summed E-state index contributed by atoms with van der Waals surface area (Å²) in [4.78, 5) is 11.7. The van der Waals surface area contributed by atoms with Crippen molar-refractivity contribution < 1.29 is 19.4 Å². The first-order valence-corrected chi connectivity index (χ1v) is 7.90. The van der Waals surface area contributed by atoms with Crippen molar-refractivity contribution in [2.45, 2.75) is 53.1 Å². The van der Waals surface area contributed by atoms with Gasteiger partial charge in [-0.1, -0.05) is 31.5 Å². The van der Waals surface area contributed by atoms with E-state index in [2.05, 4.69) is 6.92 Å². The van der Waals surface area contributed by atoms with E-state index in [0.717, 1.165) is 24.2 Å². The molecule has 0 saturated heterocycles. The zero-order chi connectivity index (χ0) is 16.6. The first-order chi connectivity index (χ1) is 10.3. The Morgan fingerprint density at radius 3 is 2.59 bits per heavy atom. The molecular weight excluding hydrogens is 280 g/mol. The van der Waals surface area contributed by atoms with Crippen LogP contribution in [0.3, 0.4) is 0 Å². The maximum absolute atomic E-state index is 11.7. The van der Waals surface area contributed by atoms with E-state index in [1.54, 1.807) is 20.8 Å². The number of aliphatic hydroxyl groups excluding tert-OH is 1. The molecule has 1 aromatic carbocycles. The third-order valence-corrected chi connectivity index (χ3v) is 3.20. The first-order valence-electron chi connectivity index (χ1n) is 7.90. The molecule has 4 heteroatoms. The molecule has 1 rings (SSSR count). The highest BCUT2D eigenvalue weighted by Gasteiger charge is 2.24. The third-order valence-electron chi connectivity index (χ3n) is 3.20. The lowest BCUT2D eigenvalue weighted by molar-refractivity contribution is -0.155. The molecule has 0 radical (unpaired) electrons.